The van der Waals surface area contributed by atoms with Gasteiger partial charge in [0.25, 0.3) is 0 Å². The van der Waals surface area contributed by atoms with E-state index in [1.807, 2.05) is 0 Å². The molecule has 3 heteroatoms. The van der Waals surface area contributed by atoms with E-state index in [1.54, 1.807) is 5.06 Å². The van der Waals surface area contributed by atoms with Crippen LogP contribution >= 0.6 is 0 Å². The van der Waals surface area contributed by atoms with Crippen LogP contribution in [0.5, 0.6) is 0 Å². The summed E-state index contributed by atoms with van der Waals surface area (Å²) in [5.41, 5.74) is 0.219. The fourth-order valence-corrected chi connectivity index (χ4v) is 11.2. The quantitative estimate of drug-likeness (QED) is 0.859. The van der Waals surface area contributed by atoms with Gasteiger partial charge in [0.15, 0.2) is 0 Å². The van der Waals surface area contributed by atoms with Gasteiger partial charge < -0.3 is 5.21 Å². The fourth-order valence-electron chi connectivity index (χ4n) is 4.68. The van der Waals surface area contributed by atoms with E-state index in [0.29, 0.717) is 0 Å². The highest BCUT2D eigenvalue weighted by Crippen LogP contribution is 2.41. The second kappa shape index (κ2) is 6.83. The Morgan fingerprint density at radius 3 is 1.79 bits per heavy atom. The zero-order valence-corrected chi connectivity index (χ0v) is 16.1. The number of hydrogen-bond donors (Lipinski definition) is 1. The SMILES string of the molecule is CC(C)(C)[Si](c1ccccc1)(c1ccccc1)C1CCCCN1O. The first-order valence-electron chi connectivity index (χ1n) is 9.04. The molecule has 1 fully saturated rings. The van der Waals surface area contributed by atoms with Crippen LogP contribution in [-0.4, -0.2) is 30.6 Å². The molecule has 0 bridgehead atoms. The standard InChI is InChI=1S/C21H29NOSi/c1-21(2,3)24(18-12-6-4-7-13-18,19-14-8-5-9-15-19)20-16-10-11-17-22(20)23/h4-9,12-15,20,23H,10-11,16-17H2,1-3H3. The summed E-state index contributed by atoms with van der Waals surface area (Å²) >= 11 is 0. The molecule has 0 radical (unpaired) electrons. The van der Waals surface area contributed by atoms with Crippen molar-refractivity contribution in [1.82, 2.24) is 5.06 Å². The average Bonchev–Trinajstić information content (AvgIpc) is 2.58. The number of piperidine rings is 1. The monoisotopic (exact) mass is 339 g/mol. The van der Waals surface area contributed by atoms with Gasteiger partial charge in [-0.25, -0.2) is 0 Å². The van der Waals surface area contributed by atoms with Crippen LogP contribution in [0.4, 0.5) is 0 Å². The topological polar surface area (TPSA) is 23.5 Å². The minimum absolute atomic E-state index is 0.0959. The molecule has 1 aliphatic heterocycles. The molecular formula is C21H29NOSi. The maximum atomic E-state index is 10.9. The highest BCUT2D eigenvalue weighted by Gasteiger charge is 2.55. The lowest BCUT2D eigenvalue weighted by Gasteiger charge is -2.52. The zero-order valence-electron chi connectivity index (χ0n) is 15.1. The van der Waals surface area contributed by atoms with E-state index in [4.69, 9.17) is 0 Å². The number of hydrogen-bond acceptors (Lipinski definition) is 2. The number of nitrogens with zero attached hydrogens (tertiary/aromatic N) is 1. The smallest absolute Gasteiger partial charge is 0.142 e. The summed E-state index contributed by atoms with van der Waals surface area (Å²) in [7, 11) is -2.24. The summed E-state index contributed by atoms with van der Waals surface area (Å²) in [4.78, 5) is 0. The Morgan fingerprint density at radius 2 is 1.38 bits per heavy atom. The number of benzene rings is 2. The van der Waals surface area contributed by atoms with Gasteiger partial charge in [-0.1, -0.05) is 98.2 Å². The maximum absolute atomic E-state index is 10.9. The molecule has 1 saturated heterocycles. The van der Waals surface area contributed by atoms with Crippen LogP contribution < -0.4 is 10.4 Å². The van der Waals surface area contributed by atoms with E-state index in [9.17, 15) is 5.21 Å². The van der Waals surface area contributed by atoms with Crippen molar-refractivity contribution in [2.45, 2.75) is 50.7 Å². The highest BCUT2D eigenvalue weighted by molar-refractivity contribution is 7.05. The minimum Gasteiger partial charge on any atom is -0.314 e. The Morgan fingerprint density at radius 1 is 0.875 bits per heavy atom. The summed E-state index contributed by atoms with van der Waals surface area (Å²) < 4.78 is 0. The van der Waals surface area contributed by atoms with Crippen LogP contribution in [0.1, 0.15) is 40.0 Å². The molecule has 2 aromatic carbocycles. The third-order valence-corrected chi connectivity index (χ3v) is 12.1. The van der Waals surface area contributed by atoms with Crippen molar-refractivity contribution in [1.29, 1.82) is 0 Å². The van der Waals surface area contributed by atoms with Crippen LogP contribution in [0.3, 0.4) is 0 Å². The second-order valence-corrected chi connectivity index (χ2v) is 12.9. The molecule has 128 valence electrons. The van der Waals surface area contributed by atoms with Crippen molar-refractivity contribution in [2.75, 3.05) is 6.54 Å². The molecule has 1 N–H and O–H groups in total. The predicted octanol–water partition coefficient (Wildman–Crippen LogP) is 3.83. The molecule has 0 amide bonds. The van der Waals surface area contributed by atoms with E-state index in [2.05, 4.69) is 81.4 Å². The van der Waals surface area contributed by atoms with Crippen LogP contribution in [0, 0.1) is 0 Å². The van der Waals surface area contributed by atoms with E-state index >= 15 is 0 Å². The predicted molar refractivity (Wildman–Crippen MR) is 104 cm³/mol. The Balaban J connectivity index is 2.29. The van der Waals surface area contributed by atoms with Gasteiger partial charge in [-0.2, -0.15) is 5.06 Å². The molecular weight excluding hydrogens is 310 g/mol. The zero-order chi connectivity index (χ0) is 17.2. The van der Waals surface area contributed by atoms with Crippen LogP contribution in [0.25, 0.3) is 0 Å². The summed E-state index contributed by atoms with van der Waals surface area (Å²) in [6.07, 6.45) is 3.36. The summed E-state index contributed by atoms with van der Waals surface area (Å²) in [5, 5.41) is 15.5. The first kappa shape index (κ1) is 17.4. The fraction of sp³-hybridized carbons (Fsp3) is 0.429. The molecule has 1 atom stereocenters. The lowest BCUT2D eigenvalue weighted by molar-refractivity contribution is -0.121. The Hall–Kier alpha value is -1.42. The van der Waals surface area contributed by atoms with Crippen molar-refractivity contribution in [3.63, 3.8) is 0 Å². The van der Waals surface area contributed by atoms with Gasteiger partial charge in [-0.15, -0.1) is 0 Å². The van der Waals surface area contributed by atoms with Gasteiger partial charge in [-0.05, 0) is 17.9 Å². The van der Waals surface area contributed by atoms with E-state index in [0.717, 1.165) is 19.4 Å². The van der Waals surface area contributed by atoms with E-state index in [-0.39, 0.29) is 10.7 Å². The van der Waals surface area contributed by atoms with Crippen molar-refractivity contribution in [3.05, 3.63) is 60.7 Å². The molecule has 3 rings (SSSR count). The van der Waals surface area contributed by atoms with Crippen LogP contribution in [-0.2, 0) is 0 Å². The highest BCUT2D eigenvalue weighted by atomic mass is 28.3. The summed E-state index contributed by atoms with van der Waals surface area (Å²) in [6.45, 7) is 7.88. The Kier molecular flexibility index (Phi) is 4.95. The first-order chi connectivity index (χ1) is 11.5. The Bertz CT molecular complexity index is 611. The van der Waals surface area contributed by atoms with Gasteiger partial charge in [-0.3, -0.25) is 0 Å². The number of rotatable bonds is 3. The third-order valence-electron chi connectivity index (χ3n) is 5.62. The summed E-state index contributed by atoms with van der Waals surface area (Å²) in [6, 6.07) is 21.9. The number of hydroxylamine groups is 2. The average molecular weight is 340 g/mol. The third kappa shape index (κ3) is 2.85. The van der Waals surface area contributed by atoms with Crippen LogP contribution in [0.2, 0.25) is 5.04 Å². The van der Waals surface area contributed by atoms with Gasteiger partial charge >= 0.3 is 0 Å². The summed E-state index contributed by atoms with van der Waals surface area (Å²) in [5.74, 6) is 0. The normalized spacial score (nSPS) is 20.1. The molecule has 0 spiro atoms. The van der Waals surface area contributed by atoms with E-state index < -0.39 is 8.07 Å². The molecule has 1 aliphatic rings. The van der Waals surface area contributed by atoms with Gasteiger partial charge in [0.05, 0.1) is 0 Å². The molecule has 0 saturated carbocycles. The lowest BCUT2D eigenvalue weighted by atomic mass is 10.2. The van der Waals surface area contributed by atoms with Crippen LogP contribution in [0.15, 0.2) is 60.7 Å². The Labute approximate surface area is 147 Å². The molecule has 24 heavy (non-hydrogen) atoms. The van der Waals surface area contributed by atoms with Crippen molar-refractivity contribution in [2.24, 2.45) is 0 Å². The minimum atomic E-state index is -2.24. The van der Waals surface area contributed by atoms with Crippen molar-refractivity contribution in [3.8, 4) is 0 Å². The van der Waals surface area contributed by atoms with Crippen molar-refractivity contribution >= 4 is 18.4 Å². The van der Waals surface area contributed by atoms with Gasteiger partial charge in [0.1, 0.15) is 8.07 Å². The second-order valence-electron chi connectivity index (χ2n) is 7.96. The molecule has 0 aliphatic carbocycles. The van der Waals surface area contributed by atoms with Gasteiger partial charge in [0.2, 0.25) is 0 Å². The van der Waals surface area contributed by atoms with Crippen molar-refractivity contribution < 1.29 is 5.21 Å². The molecule has 0 aromatic heterocycles. The maximum Gasteiger partial charge on any atom is 0.142 e. The molecule has 1 heterocycles. The van der Waals surface area contributed by atoms with E-state index in [1.165, 1.54) is 16.8 Å². The molecule has 1 unspecified atom stereocenters. The lowest BCUT2D eigenvalue weighted by Crippen LogP contribution is -2.75. The van der Waals surface area contributed by atoms with Gasteiger partial charge in [0, 0.05) is 12.2 Å². The largest absolute Gasteiger partial charge is 0.314 e. The molecule has 2 aromatic rings. The first-order valence-corrected chi connectivity index (χ1v) is 11.1. The molecule has 2 nitrogen and oxygen atoms in total.